The fourth-order valence-electron chi connectivity index (χ4n) is 1.47. The SMILES string of the molecule is CC1CC1NCC(=O)NCC1CC1. The molecule has 2 unspecified atom stereocenters. The third kappa shape index (κ3) is 2.99. The maximum Gasteiger partial charge on any atom is 0.233 e. The Balaban J connectivity index is 1.50. The van der Waals surface area contributed by atoms with Crippen molar-refractivity contribution in [2.24, 2.45) is 11.8 Å². The van der Waals surface area contributed by atoms with Crippen LogP contribution in [0.25, 0.3) is 0 Å². The van der Waals surface area contributed by atoms with E-state index in [9.17, 15) is 4.79 Å². The van der Waals surface area contributed by atoms with Gasteiger partial charge in [-0.15, -0.1) is 0 Å². The molecular weight excluding hydrogens is 164 g/mol. The molecule has 0 aromatic rings. The zero-order valence-corrected chi connectivity index (χ0v) is 8.18. The topological polar surface area (TPSA) is 41.1 Å². The van der Waals surface area contributed by atoms with Gasteiger partial charge in [0.05, 0.1) is 6.54 Å². The number of rotatable bonds is 5. The monoisotopic (exact) mass is 182 g/mol. The Morgan fingerprint density at radius 3 is 2.69 bits per heavy atom. The van der Waals surface area contributed by atoms with Crippen molar-refractivity contribution in [1.82, 2.24) is 10.6 Å². The Bertz CT molecular complexity index is 201. The minimum atomic E-state index is 0.158. The Morgan fingerprint density at radius 1 is 1.46 bits per heavy atom. The summed E-state index contributed by atoms with van der Waals surface area (Å²) < 4.78 is 0. The van der Waals surface area contributed by atoms with Crippen LogP contribution in [0.2, 0.25) is 0 Å². The summed E-state index contributed by atoms with van der Waals surface area (Å²) in [7, 11) is 0. The smallest absolute Gasteiger partial charge is 0.233 e. The minimum Gasteiger partial charge on any atom is -0.355 e. The Morgan fingerprint density at radius 2 is 2.15 bits per heavy atom. The Labute approximate surface area is 79.3 Å². The minimum absolute atomic E-state index is 0.158. The summed E-state index contributed by atoms with van der Waals surface area (Å²) in [5, 5.41) is 6.18. The fraction of sp³-hybridized carbons (Fsp3) is 0.900. The number of hydrogen-bond acceptors (Lipinski definition) is 2. The summed E-state index contributed by atoms with van der Waals surface area (Å²) in [6.07, 6.45) is 3.83. The number of amides is 1. The maximum atomic E-state index is 11.2. The Kier molecular flexibility index (Phi) is 2.54. The molecule has 2 N–H and O–H groups in total. The fourth-order valence-corrected chi connectivity index (χ4v) is 1.47. The zero-order chi connectivity index (χ0) is 9.26. The van der Waals surface area contributed by atoms with Gasteiger partial charge in [0.2, 0.25) is 5.91 Å². The molecule has 2 rings (SSSR count). The van der Waals surface area contributed by atoms with Gasteiger partial charge in [-0.3, -0.25) is 4.79 Å². The third-order valence-corrected chi connectivity index (χ3v) is 2.92. The van der Waals surface area contributed by atoms with Crippen molar-refractivity contribution in [3.8, 4) is 0 Å². The highest BCUT2D eigenvalue weighted by Gasteiger charge is 2.32. The lowest BCUT2D eigenvalue weighted by atomic mass is 10.4. The molecule has 2 aliphatic carbocycles. The van der Waals surface area contributed by atoms with Crippen molar-refractivity contribution >= 4 is 5.91 Å². The lowest BCUT2D eigenvalue weighted by Gasteiger charge is -2.04. The largest absolute Gasteiger partial charge is 0.355 e. The molecule has 0 aromatic carbocycles. The molecular formula is C10H18N2O. The van der Waals surface area contributed by atoms with Crippen LogP contribution in [0.4, 0.5) is 0 Å². The molecule has 3 heteroatoms. The van der Waals surface area contributed by atoms with E-state index in [1.807, 2.05) is 0 Å². The van der Waals surface area contributed by atoms with E-state index < -0.39 is 0 Å². The van der Waals surface area contributed by atoms with Crippen molar-refractivity contribution in [1.29, 1.82) is 0 Å². The lowest BCUT2D eigenvalue weighted by Crippen LogP contribution is -2.36. The van der Waals surface area contributed by atoms with Gasteiger partial charge in [-0.05, 0) is 31.1 Å². The van der Waals surface area contributed by atoms with Crippen LogP contribution in [0.3, 0.4) is 0 Å². The van der Waals surface area contributed by atoms with Gasteiger partial charge in [0.1, 0.15) is 0 Å². The second-order valence-electron chi connectivity index (χ2n) is 4.45. The molecule has 0 heterocycles. The van der Waals surface area contributed by atoms with Gasteiger partial charge in [-0.2, -0.15) is 0 Å². The molecule has 74 valence electrons. The molecule has 2 atom stereocenters. The summed E-state index contributed by atoms with van der Waals surface area (Å²) >= 11 is 0. The first-order valence-corrected chi connectivity index (χ1v) is 5.26. The standard InChI is InChI=1S/C10H18N2O/c1-7-4-9(7)11-6-10(13)12-5-8-2-3-8/h7-9,11H,2-6H2,1H3,(H,12,13). The second-order valence-corrected chi connectivity index (χ2v) is 4.45. The molecule has 3 nitrogen and oxygen atoms in total. The molecule has 1 amide bonds. The number of carbonyl (C=O) groups is 1. The van der Waals surface area contributed by atoms with Gasteiger partial charge < -0.3 is 10.6 Å². The van der Waals surface area contributed by atoms with Crippen LogP contribution in [0.1, 0.15) is 26.2 Å². The van der Waals surface area contributed by atoms with Crippen LogP contribution in [0.5, 0.6) is 0 Å². The zero-order valence-electron chi connectivity index (χ0n) is 8.18. The quantitative estimate of drug-likeness (QED) is 0.650. The number of hydrogen-bond donors (Lipinski definition) is 2. The lowest BCUT2D eigenvalue weighted by molar-refractivity contribution is -0.120. The van der Waals surface area contributed by atoms with Crippen LogP contribution in [0.15, 0.2) is 0 Å². The molecule has 0 spiro atoms. The highest BCUT2D eigenvalue weighted by atomic mass is 16.1. The molecule has 0 radical (unpaired) electrons. The second kappa shape index (κ2) is 3.66. The van der Waals surface area contributed by atoms with E-state index >= 15 is 0 Å². The average molecular weight is 182 g/mol. The van der Waals surface area contributed by atoms with Crippen LogP contribution < -0.4 is 10.6 Å². The summed E-state index contributed by atoms with van der Waals surface area (Å²) in [5.74, 6) is 1.71. The van der Waals surface area contributed by atoms with E-state index in [1.165, 1.54) is 19.3 Å². The van der Waals surface area contributed by atoms with Gasteiger partial charge in [0, 0.05) is 12.6 Å². The first-order valence-electron chi connectivity index (χ1n) is 5.26. The van der Waals surface area contributed by atoms with E-state index in [4.69, 9.17) is 0 Å². The van der Waals surface area contributed by atoms with E-state index in [1.54, 1.807) is 0 Å². The molecule has 0 saturated heterocycles. The average Bonchev–Trinajstić information content (AvgIpc) is 2.95. The summed E-state index contributed by atoms with van der Waals surface area (Å²) in [4.78, 5) is 11.2. The highest BCUT2D eigenvalue weighted by molar-refractivity contribution is 5.78. The summed E-state index contributed by atoms with van der Waals surface area (Å²) in [6.45, 7) is 3.60. The van der Waals surface area contributed by atoms with Gasteiger partial charge in [0.15, 0.2) is 0 Å². The predicted molar refractivity (Wildman–Crippen MR) is 51.3 cm³/mol. The first-order chi connectivity index (χ1) is 6.25. The van der Waals surface area contributed by atoms with Gasteiger partial charge >= 0.3 is 0 Å². The van der Waals surface area contributed by atoms with Crippen molar-refractivity contribution < 1.29 is 4.79 Å². The van der Waals surface area contributed by atoms with Gasteiger partial charge in [-0.25, -0.2) is 0 Å². The van der Waals surface area contributed by atoms with Crippen molar-refractivity contribution in [3.05, 3.63) is 0 Å². The normalized spacial score (nSPS) is 31.5. The van der Waals surface area contributed by atoms with Crippen molar-refractivity contribution in [2.75, 3.05) is 13.1 Å². The molecule has 0 aliphatic heterocycles. The molecule has 13 heavy (non-hydrogen) atoms. The third-order valence-electron chi connectivity index (χ3n) is 2.92. The van der Waals surface area contributed by atoms with Crippen LogP contribution in [-0.4, -0.2) is 25.0 Å². The maximum absolute atomic E-state index is 11.2. The molecule has 2 fully saturated rings. The molecule has 0 bridgehead atoms. The summed E-state index contributed by atoms with van der Waals surface area (Å²) in [5.41, 5.74) is 0. The van der Waals surface area contributed by atoms with E-state index in [0.717, 1.165) is 18.4 Å². The highest BCUT2D eigenvalue weighted by Crippen LogP contribution is 2.29. The van der Waals surface area contributed by atoms with Crippen molar-refractivity contribution in [3.63, 3.8) is 0 Å². The molecule has 2 aliphatic rings. The predicted octanol–water partition coefficient (Wildman–Crippen LogP) is 0.511. The van der Waals surface area contributed by atoms with Crippen LogP contribution >= 0.6 is 0 Å². The number of carbonyl (C=O) groups excluding carboxylic acids is 1. The van der Waals surface area contributed by atoms with Crippen LogP contribution in [-0.2, 0) is 4.79 Å². The van der Waals surface area contributed by atoms with E-state index in [2.05, 4.69) is 17.6 Å². The van der Waals surface area contributed by atoms with E-state index in [0.29, 0.717) is 12.6 Å². The summed E-state index contributed by atoms with van der Waals surface area (Å²) in [6, 6.07) is 0.603. The van der Waals surface area contributed by atoms with E-state index in [-0.39, 0.29) is 5.91 Å². The Hall–Kier alpha value is -0.570. The molecule has 0 aromatic heterocycles. The van der Waals surface area contributed by atoms with Gasteiger partial charge in [-0.1, -0.05) is 6.92 Å². The van der Waals surface area contributed by atoms with Crippen molar-refractivity contribution in [2.45, 2.75) is 32.2 Å². The molecule has 2 saturated carbocycles. The van der Waals surface area contributed by atoms with Gasteiger partial charge in [0.25, 0.3) is 0 Å². The number of nitrogens with one attached hydrogen (secondary N) is 2. The van der Waals surface area contributed by atoms with Crippen LogP contribution in [0, 0.1) is 11.8 Å². The first kappa shape index (κ1) is 9.00.